The van der Waals surface area contributed by atoms with Crippen molar-refractivity contribution in [1.82, 2.24) is 15.1 Å². The molecule has 2 fully saturated rings. The number of nitrogens with one attached hydrogen (secondary N) is 1. The van der Waals surface area contributed by atoms with Crippen molar-refractivity contribution in [3.8, 4) is 10.6 Å². The summed E-state index contributed by atoms with van der Waals surface area (Å²) in [5.41, 5.74) is 2.85. The summed E-state index contributed by atoms with van der Waals surface area (Å²) in [7, 11) is 0. The minimum absolute atomic E-state index is 0.00292. The van der Waals surface area contributed by atoms with Gasteiger partial charge < -0.3 is 10.2 Å². The average Bonchev–Trinajstić information content (AvgIpc) is 3.59. The Balaban J connectivity index is 1.26. The van der Waals surface area contributed by atoms with E-state index in [-0.39, 0.29) is 24.2 Å². The van der Waals surface area contributed by atoms with Gasteiger partial charge in [0.25, 0.3) is 0 Å². The second-order valence-corrected chi connectivity index (χ2v) is 9.29. The maximum atomic E-state index is 12.8. The van der Waals surface area contributed by atoms with Gasteiger partial charge in [-0.25, -0.2) is 0 Å². The number of hydrogen-bond donors (Lipinski definition) is 1. The summed E-state index contributed by atoms with van der Waals surface area (Å²) in [6.07, 6.45) is 5.05. The Kier molecular flexibility index (Phi) is 5.59. The first-order valence-corrected chi connectivity index (χ1v) is 11.8. The molecule has 1 aliphatic heterocycles. The van der Waals surface area contributed by atoms with Gasteiger partial charge >= 0.3 is 0 Å². The lowest BCUT2D eigenvalue weighted by molar-refractivity contribution is -0.126. The van der Waals surface area contributed by atoms with Gasteiger partial charge in [-0.15, -0.1) is 11.3 Å². The first-order chi connectivity index (χ1) is 15.2. The molecule has 1 atom stereocenters. The van der Waals surface area contributed by atoms with Gasteiger partial charge in [0.1, 0.15) is 0 Å². The van der Waals surface area contributed by atoms with E-state index < -0.39 is 0 Å². The Morgan fingerprint density at radius 3 is 2.68 bits per heavy atom. The van der Waals surface area contributed by atoms with Crippen LogP contribution in [-0.2, 0) is 16.1 Å². The molecular weight excluding hydrogens is 408 g/mol. The van der Waals surface area contributed by atoms with Crippen LogP contribution in [0.15, 0.2) is 53.9 Å². The molecule has 1 saturated carbocycles. The molecule has 160 valence electrons. The molecule has 3 heterocycles. The van der Waals surface area contributed by atoms with Crippen LogP contribution in [0, 0.1) is 5.92 Å². The van der Waals surface area contributed by atoms with Gasteiger partial charge in [-0.05, 0) is 42.5 Å². The van der Waals surface area contributed by atoms with E-state index in [0.29, 0.717) is 19.1 Å². The highest BCUT2D eigenvalue weighted by Gasteiger charge is 2.35. The molecule has 0 unspecified atom stereocenters. The average molecular weight is 435 g/mol. The molecule has 1 aliphatic carbocycles. The summed E-state index contributed by atoms with van der Waals surface area (Å²) < 4.78 is 2.16. The zero-order chi connectivity index (χ0) is 21.2. The zero-order valence-corrected chi connectivity index (χ0v) is 18.2. The maximum absolute atomic E-state index is 12.8. The Hall–Kier alpha value is -2.93. The molecule has 5 rings (SSSR count). The zero-order valence-electron chi connectivity index (χ0n) is 17.4. The third-order valence-electron chi connectivity index (χ3n) is 6.24. The predicted octanol–water partition coefficient (Wildman–Crippen LogP) is 4.40. The van der Waals surface area contributed by atoms with Crippen molar-refractivity contribution in [3.63, 3.8) is 0 Å². The molecule has 2 aromatic heterocycles. The van der Waals surface area contributed by atoms with Crippen LogP contribution in [0.4, 0.5) is 5.69 Å². The lowest BCUT2D eigenvalue weighted by Gasteiger charge is -2.16. The summed E-state index contributed by atoms with van der Waals surface area (Å²) in [5, 5.41) is 9.96. The Bertz CT molecular complexity index is 1050. The van der Waals surface area contributed by atoms with E-state index in [1.165, 1.54) is 17.7 Å². The van der Waals surface area contributed by atoms with Crippen LogP contribution >= 0.6 is 11.3 Å². The lowest BCUT2D eigenvalue weighted by atomic mass is 10.1. The van der Waals surface area contributed by atoms with Crippen molar-refractivity contribution in [3.05, 3.63) is 59.6 Å². The Morgan fingerprint density at radius 1 is 1.13 bits per heavy atom. The van der Waals surface area contributed by atoms with Crippen molar-refractivity contribution in [1.29, 1.82) is 0 Å². The number of carbonyl (C=O) groups is 2. The van der Waals surface area contributed by atoms with Crippen LogP contribution in [0.25, 0.3) is 10.6 Å². The molecule has 1 aromatic carbocycles. The van der Waals surface area contributed by atoms with Crippen LogP contribution in [0.5, 0.6) is 0 Å². The van der Waals surface area contributed by atoms with E-state index in [2.05, 4.69) is 33.6 Å². The van der Waals surface area contributed by atoms with Crippen molar-refractivity contribution in [2.45, 2.75) is 44.7 Å². The summed E-state index contributed by atoms with van der Waals surface area (Å²) >= 11 is 1.71. The molecule has 6 nitrogen and oxygen atoms in total. The standard InChI is InChI=1S/C24H26N4O2S/c29-23-13-17(16-27(23)19-7-2-1-3-8-19)24(30)25-15-18-14-21(22-11-6-12-31-22)28(26-18)20-9-4-5-10-20/h1-3,6-8,11-12,14,17,20H,4-5,9-10,13,15-16H2,(H,25,30)/t17-/m1/s1. The van der Waals surface area contributed by atoms with Crippen molar-refractivity contribution < 1.29 is 9.59 Å². The Labute approximate surface area is 185 Å². The highest BCUT2D eigenvalue weighted by molar-refractivity contribution is 7.13. The molecule has 0 bridgehead atoms. The van der Waals surface area contributed by atoms with Crippen LogP contribution in [0.1, 0.15) is 43.8 Å². The third kappa shape index (κ3) is 4.14. The van der Waals surface area contributed by atoms with E-state index in [1.807, 2.05) is 30.3 Å². The van der Waals surface area contributed by atoms with E-state index in [9.17, 15) is 9.59 Å². The fraction of sp³-hybridized carbons (Fsp3) is 0.375. The molecule has 7 heteroatoms. The largest absolute Gasteiger partial charge is 0.350 e. The van der Waals surface area contributed by atoms with Gasteiger partial charge in [-0.2, -0.15) is 5.10 Å². The normalized spacial score (nSPS) is 19.3. The molecule has 31 heavy (non-hydrogen) atoms. The van der Waals surface area contributed by atoms with Crippen LogP contribution < -0.4 is 10.2 Å². The second-order valence-electron chi connectivity index (χ2n) is 8.34. The van der Waals surface area contributed by atoms with Gasteiger partial charge in [0, 0.05) is 18.7 Å². The summed E-state index contributed by atoms with van der Waals surface area (Å²) in [6, 6.07) is 16.3. The van der Waals surface area contributed by atoms with Crippen molar-refractivity contribution in [2.24, 2.45) is 5.92 Å². The van der Waals surface area contributed by atoms with E-state index >= 15 is 0 Å². The minimum atomic E-state index is -0.332. The number of hydrogen-bond acceptors (Lipinski definition) is 4. The molecule has 2 aliphatic rings. The number of carbonyl (C=O) groups excluding carboxylic acids is 2. The monoisotopic (exact) mass is 434 g/mol. The van der Waals surface area contributed by atoms with Gasteiger partial charge in [0.05, 0.1) is 34.8 Å². The third-order valence-corrected chi connectivity index (χ3v) is 7.13. The fourth-order valence-corrected chi connectivity index (χ4v) is 5.36. The van der Waals surface area contributed by atoms with E-state index in [1.54, 1.807) is 16.2 Å². The van der Waals surface area contributed by atoms with Crippen LogP contribution in [-0.4, -0.2) is 28.1 Å². The smallest absolute Gasteiger partial charge is 0.227 e. The maximum Gasteiger partial charge on any atom is 0.227 e. The number of aromatic nitrogens is 2. The van der Waals surface area contributed by atoms with Gasteiger partial charge in [-0.3, -0.25) is 14.3 Å². The second kappa shape index (κ2) is 8.67. The summed E-state index contributed by atoms with van der Waals surface area (Å²) in [4.78, 5) is 28.1. The summed E-state index contributed by atoms with van der Waals surface area (Å²) in [6.45, 7) is 0.804. The topological polar surface area (TPSA) is 67.2 Å². The van der Waals surface area contributed by atoms with E-state index in [0.717, 1.165) is 29.9 Å². The number of benzene rings is 1. The number of thiophene rings is 1. The SMILES string of the molecule is O=C(NCc1cc(-c2cccs2)n(C2CCCC2)n1)[C@@H]1CC(=O)N(c2ccccc2)C1. The fourth-order valence-electron chi connectivity index (χ4n) is 4.63. The van der Waals surface area contributed by atoms with Crippen LogP contribution in [0.3, 0.4) is 0 Å². The Morgan fingerprint density at radius 2 is 1.94 bits per heavy atom. The van der Waals surface area contributed by atoms with Crippen LogP contribution in [0.2, 0.25) is 0 Å². The van der Waals surface area contributed by atoms with Gasteiger partial charge in [0.15, 0.2) is 0 Å². The molecule has 1 N–H and O–H groups in total. The molecule has 2 amide bonds. The van der Waals surface area contributed by atoms with Crippen molar-refractivity contribution >= 4 is 28.8 Å². The quantitative estimate of drug-likeness (QED) is 0.625. The molecule has 0 spiro atoms. The highest BCUT2D eigenvalue weighted by Crippen LogP contribution is 2.35. The highest BCUT2D eigenvalue weighted by atomic mass is 32.1. The summed E-state index contributed by atoms with van der Waals surface area (Å²) in [5.74, 6) is -0.418. The lowest BCUT2D eigenvalue weighted by Crippen LogP contribution is -2.32. The van der Waals surface area contributed by atoms with Gasteiger partial charge in [-0.1, -0.05) is 37.1 Å². The number of amides is 2. The molecular formula is C24H26N4O2S. The van der Waals surface area contributed by atoms with Gasteiger partial charge in [0.2, 0.25) is 11.8 Å². The number of rotatable bonds is 6. The number of para-hydroxylation sites is 1. The number of anilines is 1. The van der Waals surface area contributed by atoms with Crippen molar-refractivity contribution in [2.75, 3.05) is 11.4 Å². The number of nitrogens with zero attached hydrogens (tertiary/aromatic N) is 3. The molecule has 0 radical (unpaired) electrons. The van der Waals surface area contributed by atoms with E-state index in [4.69, 9.17) is 5.10 Å². The molecule has 3 aromatic rings. The predicted molar refractivity (Wildman–Crippen MR) is 122 cm³/mol. The minimum Gasteiger partial charge on any atom is -0.350 e. The first kappa shape index (κ1) is 20.0. The first-order valence-electron chi connectivity index (χ1n) is 10.9. The molecule has 1 saturated heterocycles.